The van der Waals surface area contributed by atoms with Crippen molar-refractivity contribution in [2.24, 2.45) is 0 Å². The van der Waals surface area contributed by atoms with E-state index < -0.39 is 0 Å². The van der Waals surface area contributed by atoms with Crippen LogP contribution >= 0.6 is 0 Å². The summed E-state index contributed by atoms with van der Waals surface area (Å²) >= 11 is 0. The van der Waals surface area contributed by atoms with E-state index in [9.17, 15) is 0 Å². The van der Waals surface area contributed by atoms with Gasteiger partial charge in [-0.3, -0.25) is 9.88 Å². The summed E-state index contributed by atoms with van der Waals surface area (Å²) in [5.74, 6) is 0. The Hall–Kier alpha value is -0.970. The first kappa shape index (κ1) is 12.1. The fraction of sp³-hybridized carbons (Fsp3) is 0.643. The number of hydrogen-bond acceptors (Lipinski definition) is 4. The topological polar surface area (TPSA) is 37.4 Å². The molecule has 98 valence electrons. The summed E-state index contributed by atoms with van der Waals surface area (Å²) in [6.45, 7) is 6.96. The van der Waals surface area contributed by atoms with E-state index in [4.69, 9.17) is 4.74 Å². The molecule has 0 spiro atoms. The van der Waals surface area contributed by atoms with E-state index in [1.165, 1.54) is 12.1 Å². The summed E-state index contributed by atoms with van der Waals surface area (Å²) in [6, 6.07) is 6.83. The van der Waals surface area contributed by atoms with Gasteiger partial charge in [0, 0.05) is 31.4 Å². The predicted molar refractivity (Wildman–Crippen MR) is 70.4 cm³/mol. The number of rotatable bonds is 2. The Morgan fingerprint density at radius 1 is 1.50 bits per heavy atom. The van der Waals surface area contributed by atoms with Crippen LogP contribution in [0.15, 0.2) is 18.2 Å². The monoisotopic (exact) mass is 247 g/mol. The number of aromatic nitrogens is 1. The van der Waals surface area contributed by atoms with Crippen LogP contribution in [0.2, 0.25) is 0 Å². The third-order valence-electron chi connectivity index (χ3n) is 3.88. The van der Waals surface area contributed by atoms with Crippen LogP contribution in [0.5, 0.6) is 0 Å². The normalized spacial score (nSPS) is 28.9. The van der Waals surface area contributed by atoms with Crippen molar-refractivity contribution in [2.75, 3.05) is 26.2 Å². The predicted octanol–water partition coefficient (Wildman–Crippen LogP) is 0.953. The molecule has 4 nitrogen and oxygen atoms in total. The first-order valence-corrected chi connectivity index (χ1v) is 6.82. The molecule has 0 aromatic carbocycles. The van der Waals surface area contributed by atoms with Gasteiger partial charge in [0.15, 0.2) is 0 Å². The van der Waals surface area contributed by atoms with E-state index in [2.05, 4.69) is 40.3 Å². The molecule has 3 heterocycles. The zero-order chi connectivity index (χ0) is 12.4. The number of hydrogen-bond donors (Lipinski definition) is 1. The Kier molecular flexibility index (Phi) is 3.59. The lowest BCUT2D eigenvalue weighted by Gasteiger charge is -2.43. The molecular weight excluding hydrogens is 226 g/mol. The van der Waals surface area contributed by atoms with Crippen LogP contribution in [-0.4, -0.2) is 48.3 Å². The Morgan fingerprint density at radius 2 is 2.44 bits per heavy atom. The summed E-state index contributed by atoms with van der Waals surface area (Å²) in [5.41, 5.74) is 2.27. The van der Waals surface area contributed by atoms with Gasteiger partial charge in [0.25, 0.3) is 0 Å². The van der Waals surface area contributed by atoms with Crippen molar-refractivity contribution in [1.82, 2.24) is 15.2 Å². The number of fused-ring (bicyclic) bond motifs is 1. The second kappa shape index (κ2) is 5.34. The number of piperidine rings is 1. The minimum Gasteiger partial charge on any atom is -0.374 e. The molecule has 0 unspecified atom stereocenters. The third kappa shape index (κ3) is 2.55. The standard InChI is InChI=1S/C14H21N3O/c1-11-3-2-4-12(16-11)10-17-7-8-18-14-9-15-6-5-13(14)17/h2-4,13-15H,5-10H2,1H3/t13-,14-/m1/s1. The number of nitrogens with one attached hydrogen (secondary N) is 1. The van der Waals surface area contributed by atoms with Crippen molar-refractivity contribution in [2.45, 2.75) is 32.0 Å². The highest BCUT2D eigenvalue weighted by Crippen LogP contribution is 2.21. The molecule has 1 aromatic heterocycles. The Bertz CT molecular complexity index is 408. The molecule has 2 fully saturated rings. The first-order chi connectivity index (χ1) is 8.83. The van der Waals surface area contributed by atoms with Gasteiger partial charge in [-0.15, -0.1) is 0 Å². The summed E-state index contributed by atoms with van der Waals surface area (Å²) in [7, 11) is 0. The maximum absolute atomic E-state index is 5.85. The lowest BCUT2D eigenvalue weighted by Crippen LogP contribution is -2.58. The highest BCUT2D eigenvalue weighted by Gasteiger charge is 2.34. The number of pyridine rings is 1. The quantitative estimate of drug-likeness (QED) is 0.844. The van der Waals surface area contributed by atoms with Gasteiger partial charge in [0.05, 0.1) is 18.4 Å². The first-order valence-electron chi connectivity index (χ1n) is 6.82. The highest BCUT2D eigenvalue weighted by molar-refractivity contribution is 5.10. The van der Waals surface area contributed by atoms with E-state index in [1.807, 2.05) is 0 Å². The van der Waals surface area contributed by atoms with Crippen LogP contribution in [0.25, 0.3) is 0 Å². The molecule has 2 aliphatic heterocycles. The lowest BCUT2D eigenvalue weighted by molar-refractivity contribution is -0.0846. The van der Waals surface area contributed by atoms with E-state index in [1.54, 1.807) is 0 Å². The molecule has 0 amide bonds. The fourth-order valence-corrected chi connectivity index (χ4v) is 2.98. The number of aryl methyl sites for hydroxylation is 1. The Balaban J connectivity index is 1.71. The van der Waals surface area contributed by atoms with Crippen molar-refractivity contribution in [3.05, 3.63) is 29.6 Å². The maximum atomic E-state index is 5.85. The molecule has 3 rings (SSSR count). The second-order valence-corrected chi connectivity index (χ2v) is 5.21. The van der Waals surface area contributed by atoms with Gasteiger partial charge in [-0.25, -0.2) is 0 Å². The van der Waals surface area contributed by atoms with E-state index in [-0.39, 0.29) is 0 Å². The molecule has 0 saturated carbocycles. The Morgan fingerprint density at radius 3 is 3.33 bits per heavy atom. The zero-order valence-corrected chi connectivity index (χ0v) is 10.9. The van der Waals surface area contributed by atoms with Crippen LogP contribution in [0.3, 0.4) is 0 Å². The minimum atomic E-state index is 0.359. The molecule has 4 heteroatoms. The van der Waals surface area contributed by atoms with Crippen LogP contribution in [0, 0.1) is 6.92 Å². The van der Waals surface area contributed by atoms with Crippen molar-refractivity contribution in [3.63, 3.8) is 0 Å². The third-order valence-corrected chi connectivity index (χ3v) is 3.88. The van der Waals surface area contributed by atoms with Gasteiger partial charge >= 0.3 is 0 Å². The summed E-state index contributed by atoms with van der Waals surface area (Å²) in [5, 5.41) is 3.41. The molecule has 0 radical (unpaired) electrons. The van der Waals surface area contributed by atoms with Gasteiger partial charge in [0.1, 0.15) is 0 Å². The SMILES string of the molecule is Cc1cccc(CN2CCO[C@@H]3CNCC[C@H]32)n1. The summed E-state index contributed by atoms with van der Waals surface area (Å²) < 4.78 is 5.85. The Labute approximate surface area is 108 Å². The average Bonchev–Trinajstić information content (AvgIpc) is 2.39. The van der Waals surface area contributed by atoms with Crippen molar-refractivity contribution in [1.29, 1.82) is 0 Å². The van der Waals surface area contributed by atoms with Crippen molar-refractivity contribution in [3.8, 4) is 0 Å². The highest BCUT2D eigenvalue weighted by atomic mass is 16.5. The molecule has 1 N–H and O–H groups in total. The zero-order valence-electron chi connectivity index (χ0n) is 10.9. The van der Waals surface area contributed by atoms with Gasteiger partial charge in [0.2, 0.25) is 0 Å². The average molecular weight is 247 g/mol. The molecule has 2 atom stereocenters. The number of nitrogens with zero attached hydrogens (tertiary/aromatic N) is 2. The summed E-state index contributed by atoms with van der Waals surface area (Å²) in [4.78, 5) is 7.15. The van der Waals surface area contributed by atoms with E-state index in [0.29, 0.717) is 12.1 Å². The maximum Gasteiger partial charge on any atom is 0.0855 e. The van der Waals surface area contributed by atoms with Crippen LogP contribution < -0.4 is 5.32 Å². The van der Waals surface area contributed by atoms with Crippen LogP contribution in [-0.2, 0) is 11.3 Å². The molecule has 2 aliphatic rings. The largest absolute Gasteiger partial charge is 0.374 e. The van der Waals surface area contributed by atoms with Crippen molar-refractivity contribution < 1.29 is 4.74 Å². The van der Waals surface area contributed by atoms with Gasteiger partial charge in [-0.05, 0) is 32.0 Å². The number of morpholine rings is 1. The molecule has 0 bridgehead atoms. The van der Waals surface area contributed by atoms with Crippen molar-refractivity contribution >= 4 is 0 Å². The molecule has 0 aliphatic carbocycles. The smallest absolute Gasteiger partial charge is 0.0855 e. The minimum absolute atomic E-state index is 0.359. The molecule has 2 saturated heterocycles. The van der Waals surface area contributed by atoms with Gasteiger partial charge in [-0.2, -0.15) is 0 Å². The molecule has 1 aromatic rings. The molecular formula is C14H21N3O. The van der Waals surface area contributed by atoms with E-state index >= 15 is 0 Å². The lowest BCUT2D eigenvalue weighted by atomic mass is 9.99. The van der Waals surface area contributed by atoms with Gasteiger partial charge < -0.3 is 10.1 Å². The van der Waals surface area contributed by atoms with Crippen LogP contribution in [0.4, 0.5) is 0 Å². The summed E-state index contributed by atoms with van der Waals surface area (Å²) in [6.07, 6.45) is 1.54. The fourth-order valence-electron chi connectivity index (χ4n) is 2.98. The van der Waals surface area contributed by atoms with Gasteiger partial charge in [-0.1, -0.05) is 6.07 Å². The number of ether oxygens (including phenoxy) is 1. The van der Waals surface area contributed by atoms with Crippen LogP contribution in [0.1, 0.15) is 17.8 Å². The second-order valence-electron chi connectivity index (χ2n) is 5.21. The van der Waals surface area contributed by atoms with E-state index in [0.717, 1.165) is 38.5 Å². The molecule has 18 heavy (non-hydrogen) atoms.